The molecule has 1 aromatic rings. The number of rotatable bonds is 4. The Morgan fingerprint density at radius 3 is 2.56 bits per heavy atom. The van der Waals surface area contributed by atoms with Crippen LogP contribution in [0.1, 0.15) is 61.5 Å². The first-order valence-corrected chi connectivity index (χ1v) is 11.3. The summed E-state index contributed by atoms with van der Waals surface area (Å²) in [5.41, 5.74) is 2.25. The highest BCUT2D eigenvalue weighted by Gasteiger charge is 2.31. The quantitative estimate of drug-likeness (QED) is 0.627. The van der Waals surface area contributed by atoms with Crippen molar-refractivity contribution in [3.8, 4) is 6.07 Å². The Labute approximate surface area is 160 Å². The average molecular weight is 391 g/mol. The van der Waals surface area contributed by atoms with E-state index in [1.807, 2.05) is 19.9 Å². The summed E-state index contributed by atoms with van der Waals surface area (Å²) in [7, 11) is -3.01. The van der Waals surface area contributed by atoms with Gasteiger partial charge in [-0.05, 0) is 39.2 Å². The molecule has 2 heterocycles. The van der Waals surface area contributed by atoms with Crippen LogP contribution in [0.15, 0.2) is 5.57 Å². The molecule has 1 saturated heterocycles. The summed E-state index contributed by atoms with van der Waals surface area (Å²) in [6.07, 6.45) is 7.43. The minimum Gasteiger partial charge on any atom is -0.349 e. The number of amides is 1. The zero-order valence-corrected chi connectivity index (χ0v) is 16.7. The van der Waals surface area contributed by atoms with Crippen LogP contribution in [0.25, 0.3) is 6.08 Å². The monoisotopic (exact) mass is 390 g/mol. The van der Waals surface area contributed by atoms with Gasteiger partial charge in [-0.1, -0.05) is 19.3 Å². The van der Waals surface area contributed by atoms with Crippen LogP contribution in [0.5, 0.6) is 0 Å². The van der Waals surface area contributed by atoms with Crippen molar-refractivity contribution in [2.24, 2.45) is 0 Å². The van der Waals surface area contributed by atoms with Gasteiger partial charge in [0.05, 0.1) is 23.2 Å². The third kappa shape index (κ3) is 4.41. The molecule has 7 nitrogen and oxygen atoms in total. The topological polar surface area (TPSA) is 105 Å². The van der Waals surface area contributed by atoms with E-state index < -0.39 is 9.84 Å². The number of hydrogen-bond donors (Lipinski definition) is 1. The number of carbonyl (C=O) groups is 1. The largest absolute Gasteiger partial charge is 0.349 e. The predicted molar refractivity (Wildman–Crippen MR) is 103 cm³/mol. The van der Waals surface area contributed by atoms with Gasteiger partial charge < -0.3 is 5.32 Å². The van der Waals surface area contributed by atoms with Gasteiger partial charge in [0.2, 0.25) is 0 Å². The summed E-state index contributed by atoms with van der Waals surface area (Å²) in [6.45, 7) is 3.66. The van der Waals surface area contributed by atoms with Crippen molar-refractivity contribution in [3.63, 3.8) is 0 Å². The van der Waals surface area contributed by atoms with Crippen molar-refractivity contribution in [1.82, 2.24) is 15.1 Å². The van der Waals surface area contributed by atoms with Crippen LogP contribution in [-0.4, -0.2) is 41.7 Å². The van der Waals surface area contributed by atoms with Crippen molar-refractivity contribution in [1.29, 1.82) is 5.26 Å². The lowest BCUT2D eigenvalue weighted by molar-refractivity contribution is -0.117. The highest BCUT2D eigenvalue weighted by atomic mass is 32.2. The molecule has 1 aliphatic carbocycles. The molecule has 1 N–H and O–H groups in total. The second kappa shape index (κ2) is 7.85. The van der Waals surface area contributed by atoms with E-state index in [4.69, 9.17) is 0 Å². The van der Waals surface area contributed by atoms with Gasteiger partial charge in [-0.2, -0.15) is 10.4 Å². The molecule has 27 heavy (non-hydrogen) atoms. The first-order chi connectivity index (χ1) is 12.8. The molecule has 0 spiro atoms. The number of hydrogen-bond acceptors (Lipinski definition) is 5. The number of nitrogens with zero attached hydrogens (tertiary/aromatic N) is 3. The van der Waals surface area contributed by atoms with Crippen molar-refractivity contribution in [2.75, 3.05) is 11.5 Å². The average Bonchev–Trinajstić information content (AvgIpc) is 3.13. The van der Waals surface area contributed by atoms with Crippen LogP contribution in [-0.2, 0) is 14.6 Å². The molecule has 2 fully saturated rings. The molecule has 0 unspecified atom stereocenters. The maximum Gasteiger partial charge on any atom is 0.262 e. The summed E-state index contributed by atoms with van der Waals surface area (Å²) < 4.78 is 25.3. The second-order valence-electron chi connectivity index (χ2n) is 7.56. The van der Waals surface area contributed by atoms with Crippen molar-refractivity contribution in [2.45, 2.75) is 64.5 Å². The van der Waals surface area contributed by atoms with Crippen LogP contribution in [0.2, 0.25) is 0 Å². The van der Waals surface area contributed by atoms with Crippen LogP contribution in [0.3, 0.4) is 0 Å². The van der Waals surface area contributed by atoms with E-state index in [9.17, 15) is 18.5 Å². The smallest absolute Gasteiger partial charge is 0.262 e. The summed E-state index contributed by atoms with van der Waals surface area (Å²) >= 11 is 0. The summed E-state index contributed by atoms with van der Waals surface area (Å²) in [5.74, 6) is -0.0841. The third-order valence-electron chi connectivity index (χ3n) is 5.53. The Morgan fingerprint density at radius 2 is 1.96 bits per heavy atom. The fourth-order valence-corrected chi connectivity index (χ4v) is 5.70. The van der Waals surface area contributed by atoms with Gasteiger partial charge in [-0.3, -0.25) is 9.48 Å². The van der Waals surface area contributed by atoms with Crippen LogP contribution < -0.4 is 5.32 Å². The van der Waals surface area contributed by atoms with Crippen molar-refractivity contribution < 1.29 is 13.2 Å². The van der Waals surface area contributed by atoms with Crippen LogP contribution in [0, 0.1) is 25.2 Å². The number of sulfone groups is 1. The van der Waals surface area contributed by atoms with Crippen LogP contribution in [0.4, 0.5) is 0 Å². The lowest BCUT2D eigenvalue weighted by Crippen LogP contribution is -2.36. The van der Waals surface area contributed by atoms with Gasteiger partial charge in [-0.25, -0.2) is 8.42 Å². The van der Waals surface area contributed by atoms with E-state index in [1.54, 1.807) is 10.8 Å². The highest BCUT2D eigenvalue weighted by Crippen LogP contribution is 2.28. The fraction of sp³-hybridized carbons (Fsp3) is 0.632. The molecule has 3 rings (SSSR count). The van der Waals surface area contributed by atoms with Gasteiger partial charge >= 0.3 is 0 Å². The zero-order chi connectivity index (χ0) is 19.6. The molecule has 1 amide bonds. The number of aromatic nitrogens is 2. The Morgan fingerprint density at radius 1 is 1.26 bits per heavy atom. The minimum absolute atomic E-state index is 0.0605. The maximum absolute atomic E-state index is 12.5. The summed E-state index contributed by atoms with van der Waals surface area (Å²) in [6, 6.07) is 1.96. The van der Waals surface area contributed by atoms with E-state index in [2.05, 4.69) is 10.4 Å². The van der Waals surface area contributed by atoms with Gasteiger partial charge in [-0.15, -0.1) is 0 Å². The molecule has 0 bridgehead atoms. The normalized spacial score (nSPS) is 23.1. The first kappa shape index (κ1) is 19.6. The molecular formula is C19H26N4O3S. The Balaban J connectivity index is 1.82. The van der Waals surface area contributed by atoms with Crippen LogP contribution >= 0.6 is 0 Å². The van der Waals surface area contributed by atoms with Crippen molar-refractivity contribution in [3.05, 3.63) is 22.5 Å². The lowest BCUT2D eigenvalue weighted by atomic mass is 9.95. The summed E-state index contributed by atoms with van der Waals surface area (Å²) in [5, 5.41) is 16.9. The van der Waals surface area contributed by atoms with E-state index in [-0.39, 0.29) is 35.1 Å². The fourth-order valence-electron chi connectivity index (χ4n) is 4.01. The Kier molecular flexibility index (Phi) is 5.70. The molecule has 8 heteroatoms. The van der Waals surface area contributed by atoms with Crippen molar-refractivity contribution >= 4 is 21.8 Å². The third-order valence-corrected chi connectivity index (χ3v) is 7.28. The lowest BCUT2D eigenvalue weighted by Gasteiger charge is -2.22. The molecule has 2 aliphatic rings. The minimum atomic E-state index is -3.01. The van der Waals surface area contributed by atoms with E-state index in [1.165, 1.54) is 6.42 Å². The van der Waals surface area contributed by atoms with E-state index in [0.29, 0.717) is 12.1 Å². The Hall–Kier alpha value is -2.14. The second-order valence-corrected chi connectivity index (χ2v) is 9.79. The van der Waals surface area contributed by atoms with Gasteiger partial charge in [0, 0.05) is 17.3 Å². The van der Waals surface area contributed by atoms with Gasteiger partial charge in [0.15, 0.2) is 9.84 Å². The standard InChI is InChI=1S/C19H26N4O3S/c1-13-18(14(2)23(22-13)17-8-9-27(25,26)12-17)10-15(11-20)19(24)21-16-6-4-3-5-7-16/h10,16-17H,3-9,12H2,1-2H3,(H,21,24)/b15-10+/t17-/m1/s1. The molecule has 146 valence electrons. The molecule has 1 atom stereocenters. The zero-order valence-electron chi connectivity index (χ0n) is 15.9. The first-order valence-electron chi connectivity index (χ1n) is 9.49. The number of carbonyl (C=O) groups excluding carboxylic acids is 1. The highest BCUT2D eigenvalue weighted by molar-refractivity contribution is 7.91. The molecule has 0 radical (unpaired) electrons. The maximum atomic E-state index is 12.5. The predicted octanol–water partition coefficient (Wildman–Crippen LogP) is 2.22. The molecule has 0 aromatic carbocycles. The summed E-state index contributed by atoms with van der Waals surface area (Å²) in [4.78, 5) is 12.5. The molecular weight excluding hydrogens is 364 g/mol. The SMILES string of the molecule is Cc1nn([C@@H]2CCS(=O)(=O)C2)c(C)c1/C=C(\C#N)C(=O)NC1CCCCC1. The van der Waals surface area contributed by atoms with Gasteiger partial charge in [0.25, 0.3) is 5.91 Å². The number of nitrogens with one attached hydrogen (secondary N) is 1. The number of aryl methyl sites for hydroxylation is 1. The molecule has 1 saturated carbocycles. The molecule has 1 aromatic heterocycles. The molecule has 1 aliphatic heterocycles. The van der Waals surface area contributed by atoms with Gasteiger partial charge in [0.1, 0.15) is 11.6 Å². The van der Waals surface area contributed by atoms with E-state index >= 15 is 0 Å². The van der Waals surface area contributed by atoms with E-state index in [0.717, 1.165) is 36.9 Å². The Bertz CT molecular complexity index is 902. The number of nitriles is 1.